The molecular formula is C30H32N4O3S. The molecule has 3 heterocycles. The highest BCUT2D eigenvalue weighted by Crippen LogP contribution is 2.43. The van der Waals surface area contributed by atoms with Crippen LogP contribution in [-0.2, 0) is 25.7 Å². The van der Waals surface area contributed by atoms with Crippen molar-refractivity contribution in [1.29, 1.82) is 0 Å². The lowest BCUT2D eigenvalue weighted by Crippen LogP contribution is -2.11. The lowest BCUT2D eigenvalue weighted by atomic mass is 9.92. The molecule has 196 valence electrons. The molecule has 6 rings (SSSR count). The van der Waals surface area contributed by atoms with Gasteiger partial charge < -0.3 is 14.2 Å². The predicted octanol–water partition coefficient (Wildman–Crippen LogP) is 5.85. The van der Waals surface area contributed by atoms with Gasteiger partial charge >= 0.3 is 0 Å². The maximum Gasteiger partial charge on any atom is 0.203 e. The van der Waals surface area contributed by atoms with Crippen LogP contribution in [0.3, 0.4) is 0 Å². The summed E-state index contributed by atoms with van der Waals surface area (Å²) < 4.78 is 18.9. The summed E-state index contributed by atoms with van der Waals surface area (Å²) in [5, 5.41) is 10.2. The van der Waals surface area contributed by atoms with E-state index in [0.717, 1.165) is 48.6 Å². The van der Waals surface area contributed by atoms with Gasteiger partial charge in [-0.1, -0.05) is 24.3 Å². The van der Waals surface area contributed by atoms with Crippen LogP contribution >= 0.6 is 11.3 Å². The normalized spacial score (nSPS) is 15.8. The van der Waals surface area contributed by atoms with E-state index in [1.165, 1.54) is 38.6 Å². The molecule has 4 aromatic rings. The van der Waals surface area contributed by atoms with E-state index in [2.05, 4.69) is 46.0 Å². The number of aromatic nitrogens is 3. The highest BCUT2D eigenvalue weighted by molar-refractivity contribution is 7.15. The van der Waals surface area contributed by atoms with Gasteiger partial charge in [0, 0.05) is 16.0 Å². The Morgan fingerprint density at radius 2 is 1.74 bits per heavy atom. The van der Waals surface area contributed by atoms with E-state index >= 15 is 0 Å². The molecule has 1 aliphatic heterocycles. The minimum absolute atomic E-state index is 0.0916. The number of methoxy groups -OCH3 is 3. The highest BCUT2D eigenvalue weighted by atomic mass is 32.1. The number of hydrogen-bond donors (Lipinski definition) is 0. The topological polar surface area (TPSA) is 70.8 Å². The summed E-state index contributed by atoms with van der Waals surface area (Å²) in [4.78, 5) is 6.81. The van der Waals surface area contributed by atoms with Gasteiger partial charge in [-0.3, -0.25) is 9.56 Å². The monoisotopic (exact) mass is 528 g/mol. The molecule has 1 atom stereocenters. The highest BCUT2D eigenvalue weighted by Gasteiger charge is 2.33. The van der Waals surface area contributed by atoms with Crippen LogP contribution < -0.4 is 14.2 Å². The lowest BCUT2D eigenvalue weighted by Gasteiger charge is -2.16. The van der Waals surface area contributed by atoms with Crippen molar-refractivity contribution in [2.24, 2.45) is 4.99 Å². The lowest BCUT2D eigenvalue weighted by molar-refractivity contribution is 0.324. The number of aryl methyl sites for hydroxylation is 4. The Bertz CT molecular complexity index is 1530. The zero-order valence-electron chi connectivity index (χ0n) is 22.5. The van der Waals surface area contributed by atoms with Crippen LogP contribution in [0.2, 0.25) is 0 Å². The van der Waals surface area contributed by atoms with Gasteiger partial charge in [0.25, 0.3) is 0 Å². The first kappa shape index (κ1) is 24.7. The number of aliphatic imine (C=N–C) groups is 1. The molecule has 2 aromatic heterocycles. The van der Waals surface area contributed by atoms with Crippen molar-refractivity contribution in [3.8, 4) is 22.2 Å². The van der Waals surface area contributed by atoms with Crippen LogP contribution in [0, 0.1) is 6.92 Å². The Morgan fingerprint density at radius 1 is 0.974 bits per heavy atom. The number of hydrogen-bond acceptors (Lipinski definition) is 7. The first-order valence-corrected chi connectivity index (χ1v) is 13.9. The third kappa shape index (κ3) is 3.98. The van der Waals surface area contributed by atoms with E-state index in [9.17, 15) is 0 Å². The van der Waals surface area contributed by atoms with Crippen molar-refractivity contribution < 1.29 is 14.2 Å². The fourth-order valence-electron chi connectivity index (χ4n) is 5.74. The van der Waals surface area contributed by atoms with Gasteiger partial charge in [0.2, 0.25) is 5.75 Å². The molecule has 0 amide bonds. The van der Waals surface area contributed by atoms with Crippen LogP contribution in [0.25, 0.3) is 5.00 Å². The summed E-state index contributed by atoms with van der Waals surface area (Å²) >= 11 is 1.89. The minimum Gasteiger partial charge on any atom is -0.493 e. The second kappa shape index (κ2) is 9.91. The molecule has 0 saturated heterocycles. The van der Waals surface area contributed by atoms with Gasteiger partial charge in [-0.05, 0) is 74.8 Å². The molecule has 0 radical (unpaired) electrons. The van der Waals surface area contributed by atoms with Gasteiger partial charge in [0.15, 0.2) is 17.3 Å². The number of nitrogens with zero attached hydrogens (tertiary/aromatic N) is 4. The number of ether oxygens (including phenoxy) is 3. The second-order valence-corrected chi connectivity index (χ2v) is 10.9. The Morgan fingerprint density at radius 3 is 2.47 bits per heavy atom. The third-order valence-corrected chi connectivity index (χ3v) is 8.85. The first-order chi connectivity index (χ1) is 18.5. The third-order valence-electron chi connectivity index (χ3n) is 7.57. The van der Waals surface area contributed by atoms with Crippen molar-refractivity contribution in [1.82, 2.24) is 14.8 Å². The zero-order valence-corrected chi connectivity index (χ0v) is 23.3. The van der Waals surface area contributed by atoms with Gasteiger partial charge in [-0.2, -0.15) is 0 Å². The first-order valence-electron chi connectivity index (χ1n) is 13.1. The fraction of sp³-hybridized carbons (Fsp3) is 0.367. The summed E-state index contributed by atoms with van der Waals surface area (Å²) in [6, 6.07) is 12.7. The number of benzene rings is 2. The van der Waals surface area contributed by atoms with E-state index in [1.54, 1.807) is 21.3 Å². The quantitative estimate of drug-likeness (QED) is 0.301. The number of fused-ring (bicyclic) bond motifs is 5. The summed E-state index contributed by atoms with van der Waals surface area (Å²) in [5.74, 6) is 3.79. The van der Waals surface area contributed by atoms with Crippen molar-refractivity contribution in [3.63, 3.8) is 0 Å². The Balaban J connectivity index is 1.42. The average Bonchev–Trinajstić information content (AvgIpc) is 3.62. The molecule has 0 fully saturated rings. The molecule has 2 aliphatic rings. The van der Waals surface area contributed by atoms with Crippen LogP contribution in [0.4, 0.5) is 0 Å². The number of rotatable bonds is 7. The van der Waals surface area contributed by atoms with Gasteiger partial charge in [-0.15, -0.1) is 21.5 Å². The van der Waals surface area contributed by atoms with Crippen molar-refractivity contribution in [2.75, 3.05) is 21.3 Å². The summed E-state index contributed by atoms with van der Waals surface area (Å²) in [6.45, 7) is 4.16. The molecular weight excluding hydrogens is 496 g/mol. The van der Waals surface area contributed by atoms with Gasteiger partial charge in [0.1, 0.15) is 16.9 Å². The van der Waals surface area contributed by atoms with Crippen LogP contribution in [0.1, 0.15) is 63.7 Å². The van der Waals surface area contributed by atoms with Crippen molar-refractivity contribution in [2.45, 2.75) is 52.0 Å². The summed E-state index contributed by atoms with van der Waals surface area (Å²) in [5.41, 5.74) is 7.40. The van der Waals surface area contributed by atoms with E-state index in [-0.39, 0.29) is 6.04 Å². The van der Waals surface area contributed by atoms with Crippen LogP contribution in [-0.4, -0.2) is 41.8 Å². The molecule has 1 unspecified atom stereocenters. The van der Waals surface area contributed by atoms with Gasteiger partial charge in [-0.25, -0.2) is 0 Å². The second-order valence-electron chi connectivity index (χ2n) is 9.82. The standard InChI is InChI=1S/C30H32N4O3S/c1-17-29-33-32-18(2)34(29)30-26(22-11-8-12-25(22)38-30)27(31-17)21-10-7-6-9-20(21)14-13-19-15-23(35-3)28(37-5)24(16-19)36-4/h6-7,9-10,15-17H,8,11-14H2,1-5H3. The molecule has 7 nitrogen and oxygen atoms in total. The average molecular weight is 529 g/mol. The maximum atomic E-state index is 5.59. The van der Waals surface area contributed by atoms with E-state index < -0.39 is 0 Å². The summed E-state index contributed by atoms with van der Waals surface area (Å²) in [6.07, 6.45) is 5.12. The molecule has 8 heteroatoms. The molecule has 0 saturated carbocycles. The smallest absolute Gasteiger partial charge is 0.203 e. The minimum atomic E-state index is -0.0916. The molecule has 38 heavy (non-hydrogen) atoms. The Labute approximate surface area is 227 Å². The van der Waals surface area contributed by atoms with Gasteiger partial charge in [0.05, 0.1) is 27.0 Å². The maximum absolute atomic E-state index is 5.59. The SMILES string of the molecule is COc1cc(CCc2ccccc2C2=NC(C)c3nnc(C)n3-c3sc4c(c32)CCC4)cc(OC)c1OC. The molecule has 2 aromatic carbocycles. The molecule has 1 aliphatic carbocycles. The molecule has 0 spiro atoms. The molecule has 0 bridgehead atoms. The Hall–Kier alpha value is -3.65. The summed E-state index contributed by atoms with van der Waals surface area (Å²) in [7, 11) is 4.94. The van der Waals surface area contributed by atoms with E-state index in [1.807, 2.05) is 30.4 Å². The van der Waals surface area contributed by atoms with Crippen LogP contribution in [0.15, 0.2) is 41.4 Å². The molecule has 0 N–H and O–H groups in total. The Kier molecular flexibility index (Phi) is 6.43. The zero-order chi connectivity index (χ0) is 26.4. The largest absolute Gasteiger partial charge is 0.493 e. The fourth-order valence-corrected chi connectivity index (χ4v) is 7.19. The van der Waals surface area contributed by atoms with E-state index in [4.69, 9.17) is 19.2 Å². The predicted molar refractivity (Wildman–Crippen MR) is 150 cm³/mol. The van der Waals surface area contributed by atoms with Crippen molar-refractivity contribution >= 4 is 17.0 Å². The van der Waals surface area contributed by atoms with Crippen LogP contribution in [0.5, 0.6) is 17.2 Å². The van der Waals surface area contributed by atoms with Crippen molar-refractivity contribution in [3.05, 3.63) is 80.7 Å². The number of thiophene rings is 1. The van der Waals surface area contributed by atoms with E-state index in [0.29, 0.717) is 17.2 Å².